The Labute approximate surface area is 174 Å². The maximum atomic E-state index is 12.9. The van der Waals surface area contributed by atoms with E-state index in [9.17, 15) is 4.79 Å². The maximum Gasteiger partial charge on any atom is 0.253 e. The lowest BCUT2D eigenvalue weighted by molar-refractivity contribution is 0.0712. The second-order valence-electron chi connectivity index (χ2n) is 7.06. The van der Waals surface area contributed by atoms with Crippen molar-refractivity contribution in [3.05, 3.63) is 77.7 Å². The van der Waals surface area contributed by atoms with E-state index in [0.717, 1.165) is 48.0 Å². The van der Waals surface area contributed by atoms with Crippen LogP contribution in [0.2, 0.25) is 0 Å². The van der Waals surface area contributed by atoms with Crippen molar-refractivity contribution in [3.8, 4) is 0 Å². The Bertz CT molecular complexity index is 956. The van der Waals surface area contributed by atoms with E-state index < -0.39 is 0 Å². The van der Waals surface area contributed by atoms with Crippen LogP contribution in [0.3, 0.4) is 0 Å². The third-order valence-electron chi connectivity index (χ3n) is 5.12. The molecule has 7 heteroatoms. The quantitative estimate of drug-likeness (QED) is 0.651. The number of hydrogen-bond donors (Lipinski definition) is 1. The summed E-state index contributed by atoms with van der Waals surface area (Å²) < 4.78 is 0. The smallest absolute Gasteiger partial charge is 0.253 e. The minimum absolute atomic E-state index is 0.0922. The number of nitrogens with two attached hydrogens (primary N) is 1. The molecule has 4 rings (SSSR count). The molecule has 1 aliphatic heterocycles. The van der Waals surface area contributed by atoms with E-state index in [1.54, 1.807) is 24.2 Å². The van der Waals surface area contributed by atoms with Crippen LogP contribution >= 0.6 is 11.8 Å². The van der Waals surface area contributed by atoms with Crippen LogP contribution in [0.15, 0.2) is 66.0 Å². The van der Waals surface area contributed by atoms with Gasteiger partial charge in [0.15, 0.2) is 0 Å². The lowest BCUT2D eigenvalue weighted by Gasteiger charge is -2.31. The van der Waals surface area contributed by atoms with Crippen molar-refractivity contribution < 1.29 is 4.79 Å². The van der Waals surface area contributed by atoms with Crippen LogP contribution in [0, 0.1) is 0 Å². The van der Waals surface area contributed by atoms with Crippen LogP contribution in [0.25, 0.3) is 0 Å². The van der Waals surface area contributed by atoms with E-state index in [1.807, 2.05) is 53.4 Å². The zero-order valence-corrected chi connectivity index (χ0v) is 16.9. The first-order valence-electron chi connectivity index (χ1n) is 9.69. The summed E-state index contributed by atoms with van der Waals surface area (Å²) in [7, 11) is 0. The van der Waals surface area contributed by atoms with Crippen molar-refractivity contribution in [3.63, 3.8) is 0 Å². The average molecular weight is 406 g/mol. The number of hydrogen-bond acceptors (Lipinski definition) is 6. The lowest BCUT2D eigenvalue weighted by Crippen LogP contribution is -2.38. The molecular weight excluding hydrogens is 382 g/mol. The molecule has 0 bridgehead atoms. The lowest BCUT2D eigenvalue weighted by atomic mass is 9.93. The van der Waals surface area contributed by atoms with Crippen LogP contribution in [0.5, 0.6) is 0 Å². The first kappa shape index (κ1) is 19.4. The topological polar surface area (TPSA) is 85.0 Å². The van der Waals surface area contributed by atoms with Crippen LogP contribution in [0.1, 0.15) is 40.4 Å². The number of nitrogens with zero attached hydrogens (tertiary/aromatic N) is 4. The molecule has 1 aromatic carbocycles. The number of thioether (sulfide) groups is 1. The summed E-state index contributed by atoms with van der Waals surface area (Å²) in [6.45, 7) is 1.45. The van der Waals surface area contributed by atoms with Crippen LogP contribution in [0.4, 0.5) is 5.95 Å². The maximum absolute atomic E-state index is 12.9. The van der Waals surface area contributed by atoms with E-state index in [1.165, 1.54) is 5.56 Å². The summed E-state index contributed by atoms with van der Waals surface area (Å²) in [5.74, 6) is 1.56. The molecule has 1 fully saturated rings. The number of likely N-dealkylation sites (tertiary alicyclic amines) is 1. The Morgan fingerprint density at radius 1 is 1.03 bits per heavy atom. The van der Waals surface area contributed by atoms with Gasteiger partial charge in [-0.05, 0) is 48.7 Å². The molecule has 2 aromatic heterocycles. The van der Waals surface area contributed by atoms with Gasteiger partial charge < -0.3 is 10.6 Å². The number of benzene rings is 1. The monoisotopic (exact) mass is 405 g/mol. The number of carbonyl (C=O) groups excluding carboxylic acids is 1. The molecule has 1 saturated heterocycles. The summed E-state index contributed by atoms with van der Waals surface area (Å²) >= 11 is 1.69. The molecule has 1 aliphatic rings. The molecule has 148 valence electrons. The zero-order chi connectivity index (χ0) is 20.1. The SMILES string of the molecule is Nc1nccc(C2CCN(C(=O)c3ccc(CSc4ccccn4)cc3)CC2)n1. The van der Waals surface area contributed by atoms with Gasteiger partial charge >= 0.3 is 0 Å². The minimum atomic E-state index is 0.0922. The highest BCUT2D eigenvalue weighted by Gasteiger charge is 2.25. The second-order valence-corrected chi connectivity index (χ2v) is 8.06. The number of carbonyl (C=O) groups is 1. The molecule has 0 saturated carbocycles. The molecule has 3 heterocycles. The van der Waals surface area contributed by atoms with E-state index in [2.05, 4.69) is 15.0 Å². The van der Waals surface area contributed by atoms with Gasteiger partial charge in [-0.2, -0.15) is 0 Å². The molecule has 0 atom stereocenters. The predicted octanol–water partition coefficient (Wildman–Crippen LogP) is 3.77. The predicted molar refractivity (Wildman–Crippen MR) is 115 cm³/mol. The molecule has 3 aromatic rings. The zero-order valence-electron chi connectivity index (χ0n) is 16.1. The molecule has 0 spiro atoms. The van der Waals surface area contributed by atoms with Crippen molar-refractivity contribution in [2.75, 3.05) is 18.8 Å². The number of nitrogen functional groups attached to an aromatic ring is 1. The molecule has 0 radical (unpaired) electrons. The van der Waals surface area contributed by atoms with Crippen molar-refractivity contribution in [1.82, 2.24) is 19.9 Å². The minimum Gasteiger partial charge on any atom is -0.368 e. The number of anilines is 1. The van der Waals surface area contributed by atoms with E-state index in [0.29, 0.717) is 11.9 Å². The van der Waals surface area contributed by atoms with Gasteiger partial charge in [0.05, 0.1) is 5.03 Å². The van der Waals surface area contributed by atoms with Gasteiger partial charge in [-0.3, -0.25) is 4.79 Å². The molecule has 0 unspecified atom stereocenters. The van der Waals surface area contributed by atoms with Crippen LogP contribution in [-0.2, 0) is 5.75 Å². The Hall–Kier alpha value is -2.93. The molecular formula is C22H23N5OS. The van der Waals surface area contributed by atoms with Gasteiger partial charge in [-0.1, -0.05) is 18.2 Å². The van der Waals surface area contributed by atoms with Crippen molar-refractivity contribution >= 4 is 23.6 Å². The summed E-state index contributed by atoms with van der Waals surface area (Å²) in [6.07, 6.45) is 5.28. The highest BCUT2D eigenvalue weighted by atomic mass is 32.2. The molecule has 6 nitrogen and oxygen atoms in total. The second kappa shape index (κ2) is 9.05. The summed E-state index contributed by atoms with van der Waals surface area (Å²) in [5.41, 5.74) is 8.58. The standard InChI is InChI=1S/C22H23N5OS/c23-22-25-12-8-19(26-22)17-9-13-27(14-10-17)21(28)18-6-4-16(5-7-18)15-29-20-3-1-2-11-24-20/h1-8,11-12,17H,9-10,13-15H2,(H2,23,25,26). The number of pyridine rings is 1. The Morgan fingerprint density at radius 3 is 2.52 bits per heavy atom. The van der Waals surface area contributed by atoms with Gasteiger partial charge in [-0.25, -0.2) is 15.0 Å². The average Bonchev–Trinajstić information content (AvgIpc) is 2.78. The fourth-order valence-corrected chi connectivity index (χ4v) is 4.33. The highest BCUT2D eigenvalue weighted by Crippen LogP contribution is 2.28. The first-order chi connectivity index (χ1) is 14.2. The van der Waals surface area contributed by atoms with Crippen molar-refractivity contribution in [2.45, 2.75) is 29.5 Å². The number of aromatic nitrogens is 3. The fourth-order valence-electron chi connectivity index (χ4n) is 3.51. The summed E-state index contributed by atoms with van der Waals surface area (Å²) in [6, 6.07) is 15.7. The Morgan fingerprint density at radius 2 is 1.83 bits per heavy atom. The highest BCUT2D eigenvalue weighted by molar-refractivity contribution is 7.98. The van der Waals surface area contributed by atoms with Gasteiger partial charge in [0, 0.05) is 48.4 Å². The largest absolute Gasteiger partial charge is 0.368 e. The van der Waals surface area contributed by atoms with Crippen molar-refractivity contribution in [1.29, 1.82) is 0 Å². The van der Waals surface area contributed by atoms with Crippen LogP contribution < -0.4 is 5.73 Å². The first-order valence-corrected chi connectivity index (χ1v) is 10.7. The number of piperidine rings is 1. The Balaban J connectivity index is 1.31. The van der Waals surface area contributed by atoms with Crippen LogP contribution in [-0.4, -0.2) is 38.8 Å². The number of rotatable bonds is 5. The normalized spacial score (nSPS) is 14.7. The molecule has 0 aliphatic carbocycles. The van der Waals surface area contributed by atoms with Crippen molar-refractivity contribution in [2.24, 2.45) is 0 Å². The Kier molecular flexibility index (Phi) is 6.05. The molecule has 29 heavy (non-hydrogen) atoms. The van der Waals surface area contributed by atoms with Gasteiger partial charge in [0.1, 0.15) is 0 Å². The van der Waals surface area contributed by atoms with E-state index in [4.69, 9.17) is 5.73 Å². The summed E-state index contributed by atoms with van der Waals surface area (Å²) in [4.78, 5) is 27.4. The van der Waals surface area contributed by atoms with Gasteiger partial charge in [0.25, 0.3) is 5.91 Å². The fraction of sp³-hybridized carbons (Fsp3) is 0.273. The third kappa shape index (κ3) is 4.92. The molecule has 2 N–H and O–H groups in total. The summed E-state index contributed by atoms with van der Waals surface area (Å²) in [5, 5.41) is 1.00. The molecule has 1 amide bonds. The van der Waals surface area contributed by atoms with E-state index >= 15 is 0 Å². The van der Waals surface area contributed by atoms with Gasteiger partial charge in [-0.15, -0.1) is 11.8 Å². The third-order valence-corrected chi connectivity index (χ3v) is 6.14. The van der Waals surface area contributed by atoms with Gasteiger partial charge in [0.2, 0.25) is 5.95 Å². The van der Waals surface area contributed by atoms with E-state index in [-0.39, 0.29) is 5.91 Å². The number of amides is 1.